The van der Waals surface area contributed by atoms with Crippen molar-refractivity contribution < 1.29 is 22.3 Å². The van der Waals surface area contributed by atoms with Crippen LogP contribution in [0.2, 0.25) is 5.15 Å². The number of alkyl halides is 3. The van der Waals surface area contributed by atoms with Gasteiger partial charge in [0, 0.05) is 12.1 Å². The lowest BCUT2D eigenvalue weighted by molar-refractivity contribution is -0.144. The molecule has 0 saturated carbocycles. The fraction of sp³-hybridized carbons (Fsp3) is 0.167. The number of anilines is 2. The van der Waals surface area contributed by atoms with Crippen molar-refractivity contribution in [2.24, 2.45) is 0 Å². The number of hydrogen-bond acceptors (Lipinski definition) is 4. The minimum absolute atomic E-state index is 0.110. The molecule has 0 spiro atoms. The molecule has 21 heavy (non-hydrogen) atoms. The molecular formula is C12H8ClF4N3O. The Hall–Kier alpha value is -2.09. The highest BCUT2D eigenvalue weighted by atomic mass is 35.5. The van der Waals surface area contributed by atoms with E-state index in [1.165, 1.54) is 13.2 Å². The smallest absolute Gasteiger partial charge is 0.451 e. The number of methoxy groups -OCH3 is 1. The van der Waals surface area contributed by atoms with Crippen molar-refractivity contribution in [3.63, 3.8) is 0 Å². The Morgan fingerprint density at radius 2 is 1.90 bits per heavy atom. The normalized spacial score (nSPS) is 11.3. The van der Waals surface area contributed by atoms with E-state index in [2.05, 4.69) is 15.3 Å². The van der Waals surface area contributed by atoms with Crippen molar-refractivity contribution in [2.45, 2.75) is 6.18 Å². The minimum atomic E-state index is -4.73. The van der Waals surface area contributed by atoms with Gasteiger partial charge in [0.25, 0.3) is 0 Å². The van der Waals surface area contributed by atoms with E-state index < -0.39 is 17.8 Å². The third-order valence-electron chi connectivity index (χ3n) is 2.37. The zero-order valence-corrected chi connectivity index (χ0v) is 11.3. The predicted molar refractivity (Wildman–Crippen MR) is 68.3 cm³/mol. The van der Waals surface area contributed by atoms with Crippen molar-refractivity contribution >= 4 is 23.1 Å². The van der Waals surface area contributed by atoms with Crippen LogP contribution in [0.15, 0.2) is 24.3 Å². The molecule has 0 bridgehead atoms. The monoisotopic (exact) mass is 321 g/mol. The minimum Gasteiger partial charge on any atom is -0.494 e. The summed E-state index contributed by atoms with van der Waals surface area (Å²) in [7, 11) is 1.30. The largest absolute Gasteiger partial charge is 0.494 e. The Labute approximate surface area is 121 Å². The first-order chi connectivity index (χ1) is 9.79. The van der Waals surface area contributed by atoms with Gasteiger partial charge in [-0.15, -0.1) is 0 Å². The molecule has 0 aliphatic rings. The molecule has 2 rings (SSSR count). The molecule has 1 aromatic heterocycles. The second kappa shape index (κ2) is 5.72. The number of nitrogens with one attached hydrogen (secondary N) is 1. The molecule has 0 atom stereocenters. The Kier molecular flexibility index (Phi) is 4.17. The van der Waals surface area contributed by atoms with E-state index in [1.807, 2.05) is 0 Å². The maximum atomic E-state index is 13.1. The standard InChI is InChI=1S/C12H8ClF4N3O/c1-21-8-4-6(14)2-3-7(8)18-10-5-9(13)19-11(20-10)12(15,16)17/h2-5H,1H3,(H,18,19,20). The first-order valence-electron chi connectivity index (χ1n) is 5.52. The molecule has 4 nitrogen and oxygen atoms in total. The van der Waals surface area contributed by atoms with Crippen molar-refractivity contribution in [2.75, 3.05) is 12.4 Å². The van der Waals surface area contributed by atoms with Crippen LogP contribution in [0, 0.1) is 5.82 Å². The topological polar surface area (TPSA) is 47.0 Å². The Balaban J connectivity index is 2.38. The molecule has 2 aromatic rings. The van der Waals surface area contributed by atoms with Gasteiger partial charge in [0.1, 0.15) is 22.5 Å². The molecule has 0 amide bonds. The van der Waals surface area contributed by atoms with Gasteiger partial charge in [0.2, 0.25) is 5.82 Å². The molecule has 1 N–H and O–H groups in total. The molecule has 0 fully saturated rings. The molecule has 9 heteroatoms. The molecular weight excluding hydrogens is 314 g/mol. The molecule has 0 aliphatic heterocycles. The number of halogens is 5. The number of hydrogen-bond donors (Lipinski definition) is 1. The summed E-state index contributed by atoms with van der Waals surface area (Å²) in [4.78, 5) is 6.42. The first kappa shape index (κ1) is 15.3. The van der Waals surface area contributed by atoms with Gasteiger partial charge in [0.15, 0.2) is 0 Å². The summed E-state index contributed by atoms with van der Waals surface area (Å²) in [5.41, 5.74) is 0.238. The SMILES string of the molecule is COc1cc(F)ccc1Nc1cc(Cl)nc(C(F)(F)F)n1. The third kappa shape index (κ3) is 3.72. The molecule has 0 unspecified atom stereocenters. The van der Waals surface area contributed by atoms with Crippen LogP contribution >= 0.6 is 11.6 Å². The Morgan fingerprint density at radius 1 is 1.19 bits per heavy atom. The lowest BCUT2D eigenvalue weighted by Gasteiger charge is -2.12. The molecule has 0 saturated heterocycles. The van der Waals surface area contributed by atoms with Gasteiger partial charge in [-0.2, -0.15) is 13.2 Å². The lowest BCUT2D eigenvalue weighted by Crippen LogP contribution is -2.12. The summed E-state index contributed by atoms with van der Waals surface area (Å²) in [6, 6.07) is 4.62. The van der Waals surface area contributed by atoms with Gasteiger partial charge in [-0.05, 0) is 12.1 Å². The van der Waals surface area contributed by atoms with Crippen molar-refractivity contribution in [1.29, 1.82) is 0 Å². The maximum Gasteiger partial charge on any atom is 0.451 e. The lowest BCUT2D eigenvalue weighted by atomic mass is 10.3. The average Bonchev–Trinajstić information content (AvgIpc) is 2.39. The van der Waals surface area contributed by atoms with Crippen molar-refractivity contribution in [3.8, 4) is 5.75 Å². The molecule has 0 radical (unpaired) electrons. The van der Waals surface area contributed by atoms with Crippen LogP contribution in [0.3, 0.4) is 0 Å². The van der Waals surface area contributed by atoms with Gasteiger partial charge >= 0.3 is 6.18 Å². The summed E-state index contributed by atoms with van der Waals surface area (Å²) in [5.74, 6) is -2.00. The number of aromatic nitrogens is 2. The summed E-state index contributed by atoms with van der Waals surface area (Å²) >= 11 is 5.54. The van der Waals surface area contributed by atoms with E-state index in [-0.39, 0.29) is 22.4 Å². The van der Waals surface area contributed by atoms with Gasteiger partial charge in [-0.3, -0.25) is 0 Å². The van der Waals surface area contributed by atoms with Crippen LogP contribution in [0.4, 0.5) is 29.1 Å². The Bertz CT molecular complexity index is 663. The van der Waals surface area contributed by atoms with E-state index >= 15 is 0 Å². The predicted octanol–water partition coefficient (Wildman–Crippen LogP) is 4.04. The summed E-state index contributed by atoms with van der Waals surface area (Å²) in [5, 5.41) is 2.20. The van der Waals surface area contributed by atoms with Gasteiger partial charge in [0.05, 0.1) is 12.8 Å². The zero-order valence-electron chi connectivity index (χ0n) is 10.5. The average molecular weight is 322 g/mol. The van der Waals surface area contributed by atoms with Crippen LogP contribution in [-0.2, 0) is 6.18 Å². The van der Waals surface area contributed by atoms with E-state index in [4.69, 9.17) is 16.3 Å². The molecule has 112 valence electrons. The maximum absolute atomic E-state index is 13.1. The van der Waals surface area contributed by atoms with E-state index in [0.29, 0.717) is 0 Å². The van der Waals surface area contributed by atoms with Crippen LogP contribution < -0.4 is 10.1 Å². The van der Waals surface area contributed by atoms with Crippen LogP contribution in [-0.4, -0.2) is 17.1 Å². The van der Waals surface area contributed by atoms with E-state index in [1.54, 1.807) is 0 Å². The highest BCUT2D eigenvalue weighted by Gasteiger charge is 2.35. The van der Waals surface area contributed by atoms with Crippen molar-refractivity contribution in [3.05, 3.63) is 41.1 Å². The summed E-state index contributed by atoms with van der Waals surface area (Å²) in [6.45, 7) is 0. The second-order valence-corrected chi connectivity index (χ2v) is 4.25. The van der Waals surface area contributed by atoms with E-state index in [9.17, 15) is 17.6 Å². The van der Waals surface area contributed by atoms with Crippen LogP contribution in [0.1, 0.15) is 5.82 Å². The number of nitrogens with zero attached hydrogens (tertiary/aromatic N) is 2. The molecule has 0 aliphatic carbocycles. The second-order valence-electron chi connectivity index (χ2n) is 3.87. The van der Waals surface area contributed by atoms with Gasteiger partial charge < -0.3 is 10.1 Å². The highest BCUT2D eigenvalue weighted by molar-refractivity contribution is 6.29. The van der Waals surface area contributed by atoms with Gasteiger partial charge in [-0.25, -0.2) is 14.4 Å². The fourth-order valence-corrected chi connectivity index (χ4v) is 1.70. The number of ether oxygens (including phenoxy) is 1. The van der Waals surface area contributed by atoms with Crippen LogP contribution in [0.25, 0.3) is 0 Å². The highest BCUT2D eigenvalue weighted by Crippen LogP contribution is 2.31. The first-order valence-corrected chi connectivity index (χ1v) is 5.90. The fourth-order valence-electron chi connectivity index (χ4n) is 1.51. The molecule has 1 heterocycles. The third-order valence-corrected chi connectivity index (χ3v) is 2.57. The Morgan fingerprint density at radius 3 is 2.52 bits per heavy atom. The van der Waals surface area contributed by atoms with Crippen molar-refractivity contribution in [1.82, 2.24) is 9.97 Å². The van der Waals surface area contributed by atoms with E-state index in [0.717, 1.165) is 18.2 Å². The van der Waals surface area contributed by atoms with Crippen LogP contribution in [0.5, 0.6) is 5.75 Å². The summed E-state index contributed by atoms with van der Waals surface area (Å²) < 4.78 is 55.8. The molecule has 1 aromatic carbocycles. The summed E-state index contributed by atoms with van der Waals surface area (Å²) in [6.07, 6.45) is -4.73. The zero-order chi connectivity index (χ0) is 15.6. The number of rotatable bonds is 3. The quantitative estimate of drug-likeness (QED) is 0.684. The van der Waals surface area contributed by atoms with Gasteiger partial charge in [-0.1, -0.05) is 11.6 Å². The number of benzene rings is 1.